The zero-order chi connectivity index (χ0) is 26.4. The molecule has 1 aliphatic heterocycles. The molecule has 1 fully saturated rings. The number of pyridine rings is 1. The van der Waals surface area contributed by atoms with Gasteiger partial charge in [0, 0.05) is 38.1 Å². The summed E-state index contributed by atoms with van der Waals surface area (Å²) in [5, 5.41) is 9.57. The Bertz CT molecular complexity index is 1280. The summed E-state index contributed by atoms with van der Waals surface area (Å²) in [5.41, 5.74) is 2.43. The van der Waals surface area contributed by atoms with Crippen LogP contribution in [0.2, 0.25) is 0 Å². The Morgan fingerprint density at radius 3 is 2.11 bits per heavy atom. The number of nitrogens with zero attached hydrogens (tertiary/aromatic N) is 5. The number of piperazine rings is 1. The molecule has 4 rings (SSSR count). The first kappa shape index (κ1) is 25.7. The number of hydrogen-bond acceptors (Lipinski definition) is 4. The van der Waals surface area contributed by atoms with Crippen LogP contribution in [0.5, 0.6) is 0 Å². The smallest absolute Gasteiger partial charge is 0.321 e. The molecule has 1 saturated heterocycles. The van der Waals surface area contributed by atoms with Gasteiger partial charge in [0.25, 0.3) is 0 Å². The molecule has 3 aromatic rings. The van der Waals surface area contributed by atoms with Crippen LogP contribution in [-0.4, -0.2) is 47.0 Å². The van der Waals surface area contributed by atoms with Gasteiger partial charge in [-0.3, -0.25) is 4.90 Å². The van der Waals surface area contributed by atoms with Crippen molar-refractivity contribution in [2.75, 3.05) is 31.1 Å². The highest BCUT2D eigenvalue weighted by molar-refractivity contribution is 5.96. The molecule has 6 nitrogen and oxygen atoms in total. The Labute approximate surface area is 215 Å². The number of allylic oxidation sites excluding steroid dienone is 2. The quantitative estimate of drug-likeness (QED) is 0.411. The molecule has 0 spiro atoms. The largest absolute Gasteiger partial charge is 0.330 e. The van der Waals surface area contributed by atoms with E-state index in [1.165, 1.54) is 35.4 Å². The van der Waals surface area contributed by atoms with Gasteiger partial charge in [-0.2, -0.15) is 5.26 Å². The second-order valence-electron chi connectivity index (χ2n) is 8.62. The van der Waals surface area contributed by atoms with E-state index in [2.05, 4.69) is 22.5 Å². The third kappa shape index (κ3) is 5.74. The fourth-order valence-electron chi connectivity index (χ4n) is 4.50. The van der Waals surface area contributed by atoms with Crippen molar-refractivity contribution in [3.8, 4) is 6.07 Å². The Kier molecular flexibility index (Phi) is 8.06. The van der Waals surface area contributed by atoms with E-state index in [0.717, 1.165) is 11.1 Å². The summed E-state index contributed by atoms with van der Waals surface area (Å²) < 4.78 is 27.3. The maximum absolute atomic E-state index is 13.7. The molecule has 1 aromatic heterocycles. The van der Waals surface area contributed by atoms with Crippen LogP contribution in [0.3, 0.4) is 0 Å². The van der Waals surface area contributed by atoms with E-state index in [9.17, 15) is 18.8 Å². The van der Waals surface area contributed by atoms with Crippen LogP contribution in [-0.2, 0) is 0 Å². The zero-order valence-electron chi connectivity index (χ0n) is 20.5. The highest BCUT2D eigenvalue weighted by Crippen LogP contribution is 2.31. The van der Waals surface area contributed by atoms with Gasteiger partial charge in [0.1, 0.15) is 17.7 Å². The Balaban J connectivity index is 1.58. The van der Waals surface area contributed by atoms with Gasteiger partial charge in [0.2, 0.25) is 0 Å². The molecule has 8 heteroatoms. The molecule has 1 aliphatic rings. The minimum absolute atomic E-state index is 0.228. The number of halogens is 2. The predicted octanol–water partition coefficient (Wildman–Crippen LogP) is 5.65. The summed E-state index contributed by atoms with van der Waals surface area (Å²) in [7, 11) is 0. The average Bonchev–Trinajstić information content (AvgIpc) is 2.92. The number of hydrogen-bond donors (Lipinski definition) is 0. The van der Waals surface area contributed by atoms with E-state index in [0.29, 0.717) is 31.9 Å². The van der Waals surface area contributed by atoms with Crippen LogP contribution in [0.15, 0.2) is 91.3 Å². The third-order valence-electron chi connectivity index (χ3n) is 6.28. The van der Waals surface area contributed by atoms with Crippen LogP contribution in [0, 0.1) is 23.0 Å². The number of carbonyl (C=O) groups is 1. The predicted molar refractivity (Wildman–Crippen MR) is 139 cm³/mol. The molecular formula is C29H27F2N5O. The summed E-state index contributed by atoms with van der Waals surface area (Å²) in [4.78, 5) is 23.2. The molecule has 37 heavy (non-hydrogen) atoms. The number of carbonyl (C=O) groups excluding carboxylic acids is 1. The van der Waals surface area contributed by atoms with Crippen molar-refractivity contribution in [2.24, 2.45) is 0 Å². The van der Waals surface area contributed by atoms with Crippen molar-refractivity contribution in [3.63, 3.8) is 0 Å². The molecule has 2 aromatic carbocycles. The summed E-state index contributed by atoms with van der Waals surface area (Å²) in [6.07, 6.45) is 5.00. The summed E-state index contributed by atoms with van der Waals surface area (Å²) in [6.45, 7) is 7.72. The van der Waals surface area contributed by atoms with E-state index in [4.69, 9.17) is 0 Å². The number of aromatic nitrogens is 1. The molecule has 0 saturated carbocycles. The number of nitriles is 1. The van der Waals surface area contributed by atoms with Crippen molar-refractivity contribution < 1.29 is 13.6 Å². The Morgan fingerprint density at radius 2 is 1.59 bits per heavy atom. The number of anilines is 1. The van der Waals surface area contributed by atoms with E-state index in [1.807, 2.05) is 6.92 Å². The van der Waals surface area contributed by atoms with Gasteiger partial charge in [-0.25, -0.2) is 23.5 Å². The second kappa shape index (κ2) is 11.6. The van der Waals surface area contributed by atoms with Crippen LogP contribution in [0.25, 0.3) is 0 Å². The molecule has 2 heterocycles. The average molecular weight is 500 g/mol. The van der Waals surface area contributed by atoms with Crippen molar-refractivity contribution in [3.05, 3.63) is 120 Å². The number of urea groups is 1. The molecule has 2 amide bonds. The van der Waals surface area contributed by atoms with Crippen molar-refractivity contribution in [1.29, 1.82) is 5.26 Å². The third-order valence-corrected chi connectivity index (χ3v) is 6.28. The highest BCUT2D eigenvalue weighted by Gasteiger charge is 2.32. The lowest BCUT2D eigenvalue weighted by Crippen LogP contribution is -2.53. The van der Waals surface area contributed by atoms with E-state index in [-0.39, 0.29) is 35.1 Å². The van der Waals surface area contributed by atoms with Crippen molar-refractivity contribution >= 4 is 11.8 Å². The van der Waals surface area contributed by atoms with Gasteiger partial charge in [0.05, 0.1) is 11.6 Å². The summed E-state index contributed by atoms with van der Waals surface area (Å²) >= 11 is 0. The van der Waals surface area contributed by atoms with Crippen molar-refractivity contribution in [1.82, 2.24) is 14.8 Å². The first-order valence-electron chi connectivity index (χ1n) is 11.9. The zero-order valence-corrected chi connectivity index (χ0v) is 20.5. The maximum atomic E-state index is 13.7. The summed E-state index contributed by atoms with van der Waals surface area (Å²) in [5.74, 6) is -0.425. The van der Waals surface area contributed by atoms with E-state index in [1.54, 1.807) is 53.5 Å². The summed E-state index contributed by atoms with van der Waals surface area (Å²) in [6, 6.07) is 17.4. The SMILES string of the molecule is C=C(/C=C\C)N(C(=O)N1CCN(C(c2ccc(F)cc2)c2ccc(F)cc2)CC1)c1ncccc1C#N. The van der Waals surface area contributed by atoms with E-state index >= 15 is 0 Å². The van der Waals surface area contributed by atoms with Crippen LogP contribution >= 0.6 is 0 Å². The lowest BCUT2D eigenvalue weighted by atomic mass is 9.96. The minimum Gasteiger partial charge on any atom is -0.321 e. The first-order chi connectivity index (χ1) is 17.9. The van der Waals surface area contributed by atoms with Gasteiger partial charge < -0.3 is 4.90 Å². The monoisotopic (exact) mass is 499 g/mol. The first-order valence-corrected chi connectivity index (χ1v) is 11.9. The molecule has 0 aliphatic carbocycles. The van der Waals surface area contributed by atoms with Gasteiger partial charge in [-0.15, -0.1) is 0 Å². The minimum atomic E-state index is -0.329. The number of benzene rings is 2. The van der Waals surface area contributed by atoms with Gasteiger partial charge >= 0.3 is 6.03 Å². The molecule has 0 bridgehead atoms. The van der Waals surface area contributed by atoms with Gasteiger partial charge in [0.15, 0.2) is 5.82 Å². The standard InChI is InChI=1S/C29H27F2N5O/c1-3-5-21(2)36(28-24(20-32)6-4-15-33-28)29(37)35-18-16-34(17-19-35)27(22-7-11-25(30)12-8-22)23-9-13-26(31)14-10-23/h3-15,27H,2,16-19H2,1H3/b5-3-. The molecule has 0 N–H and O–H groups in total. The van der Waals surface area contributed by atoms with Crippen LogP contribution < -0.4 is 4.90 Å². The molecule has 0 atom stereocenters. The van der Waals surface area contributed by atoms with Crippen LogP contribution in [0.1, 0.15) is 29.7 Å². The Hall–Kier alpha value is -4.35. The van der Waals surface area contributed by atoms with Gasteiger partial charge in [-0.1, -0.05) is 36.9 Å². The fraction of sp³-hybridized carbons (Fsp3) is 0.207. The lowest BCUT2D eigenvalue weighted by Gasteiger charge is -2.41. The number of rotatable bonds is 6. The normalized spacial score (nSPS) is 14.1. The van der Waals surface area contributed by atoms with E-state index < -0.39 is 0 Å². The fourth-order valence-corrected chi connectivity index (χ4v) is 4.50. The maximum Gasteiger partial charge on any atom is 0.330 e. The topological polar surface area (TPSA) is 63.5 Å². The second-order valence-corrected chi connectivity index (χ2v) is 8.62. The van der Waals surface area contributed by atoms with Crippen molar-refractivity contribution in [2.45, 2.75) is 13.0 Å². The Morgan fingerprint density at radius 1 is 1.03 bits per heavy atom. The van der Waals surface area contributed by atoms with Gasteiger partial charge in [-0.05, 0) is 60.5 Å². The van der Waals surface area contributed by atoms with Crippen LogP contribution in [0.4, 0.5) is 19.4 Å². The lowest BCUT2D eigenvalue weighted by molar-refractivity contribution is 0.124. The number of amides is 2. The highest BCUT2D eigenvalue weighted by atomic mass is 19.1. The molecular weight excluding hydrogens is 472 g/mol. The molecule has 188 valence electrons. The molecule has 0 radical (unpaired) electrons. The molecule has 0 unspecified atom stereocenters.